The highest BCUT2D eigenvalue weighted by molar-refractivity contribution is 9.09. The van der Waals surface area contributed by atoms with Gasteiger partial charge in [-0.15, -0.1) is 24.9 Å². The van der Waals surface area contributed by atoms with Gasteiger partial charge in [-0.2, -0.15) is 0 Å². The first-order chi connectivity index (χ1) is 21.2. The van der Waals surface area contributed by atoms with Crippen molar-refractivity contribution in [1.82, 2.24) is 9.80 Å². The van der Waals surface area contributed by atoms with Crippen LogP contribution in [0.4, 0.5) is 5.69 Å². The zero-order valence-electron chi connectivity index (χ0n) is 27.6. The number of halogens is 1. The first-order valence-corrected chi connectivity index (χ1v) is 17.8. The Labute approximate surface area is 281 Å². The van der Waals surface area contributed by atoms with E-state index in [-0.39, 0.29) is 52.9 Å². The normalized spacial score (nSPS) is 27.3. The summed E-state index contributed by atoms with van der Waals surface area (Å²) in [5.41, 5.74) is 0.149. The van der Waals surface area contributed by atoms with Gasteiger partial charge in [-0.1, -0.05) is 48.9 Å². The molecule has 3 unspecified atom stereocenters. The van der Waals surface area contributed by atoms with E-state index in [0.717, 1.165) is 6.42 Å². The molecule has 3 heterocycles. The van der Waals surface area contributed by atoms with Gasteiger partial charge < -0.3 is 24.5 Å². The van der Waals surface area contributed by atoms with Gasteiger partial charge in [0.25, 0.3) is 0 Å². The quantitative estimate of drug-likeness (QED) is 0.198. The molecule has 3 saturated heterocycles. The third-order valence-electron chi connectivity index (χ3n) is 9.17. The Hall–Kier alpha value is -2.30. The van der Waals surface area contributed by atoms with E-state index in [4.69, 9.17) is 4.74 Å². The second-order valence-electron chi connectivity index (χ2n) is 14.2. The number of aliphatic hydroxyl groups is 1. The maximum atomic E-state index is 14.9. The van der Waals surface area contributed by atoms with E-state index < -0.39 is 28.2 Å². The number of ether oxygens (including phenoxy) is 1. The lowest BCUT2D eigenvalue weighted by Gasteiger charge is -2.46. The van der Waals surface area contributed by atoms with Crippen molar-refractivity contribution < 1.29 is 24.2 Å². The number of carbonyl (C=O) groups excluding carboxylic acids is 3. The maximum absolute atomic E-state index is 14.9. The molecule has 4 rings (SSSR count). The van der Waals surface area contributed by atoms with Crippen LogP contribution in [0.25, 0.3) is 0 Å². The smallest absolute Gasteiger partial charge is 0.247 e. The van der Waals surface area contributed by atoms with Crippen LogP contribution in [0.15, 0.2) is 49.6 Å². The zero-order chi connectivity index (χ0) is 33.3. The number of likely N-dealkylation sites (tertiary alicyclic amines) is 1. The van der Waals surface area contributed by atoms with Crippen LogP contribution in [-0.4, -0.2) is 91.9 Å². The summed E-state index contributed by atoms with van der Waals surface area (Å²) >= 11 is 5.52. The third kappa shape index (κ3) is 6.75. The molecule has 3 fully saturated rings. The van der Waals surface area contributed by atoms with E-state index in [1.807, 2.05) is 36.1 Å². The third-order valence-corrected chi connectivity index (χ3v) is 12.4. The number of aliphatic hydroxyl groups excluding tert-OH is 1. The molecule has 248 valence electrons. The summed E-state index contributed by atoms with van der Waals surface area (Å²) in [5, 5.41) is 9.60. The Morgan fingerprint density at radius 1 is 1.13 bits per heavy atom. The fourth-order valence-electron chi connectivity index (χ4n) is 8.00. The number of alkyl halides is 1. The van der Waals surface area contributed by atoms with E-state index in [9.17, 15) is 19.5 Å². The molecular weight excluding hydrogens is 654 g/mol. The van der Waals surface area contributed by atoms with Crippen LogP contribution in [-0.2, 0) is 14.4 Å². The molecular formula is C35H50BrN3O5S. The molecule has 0 aliphatic carbocycles. The summed E-state index contributed by atoms with van der Waals surface area (Å²) in [6, 6.07) is 6.63. The first-order valence-electron chi connectivity index (χ1n) is 16.0. The molecule has 0 radical (unpaired) electrons. The van der Waals surface area contributed by atoms with E-state index in [1.54, 1.807) is 33.7 Å². The molecule has 0 saturated carbocycles. The number of hydrogen-bond donors (Lipinski definition) is 1. The summed E-state index contributed by atoms with van der Waals surface area (Å²) in [5.74, 6) is -1.01. The van der Waals surface area contributed by atoms with Crippen LogP contribution >= 0.6 is 27.7 Å². The van der Waals surface area contributed by atoms with Crippen molar-refractivity contribution in [3.63, 3.8) is 0 Å². The predicted octanol–water partition coefficient (Wildman–Crippen LogP) is 5.68. The molecule has 6 atom stereocenters. The number of fused-ring (bicyclic) bond motifs is 1. The van der Waals surface area contributed by atoms with Gasteiger partial charge in [-0.05, 0) is 69.7 Å². The van der Waals surface area contributed by atoms with Crippen molar-refractivity contribution in [3.05, 3.63) is 49.6 Å². The molecule has 3 aliphatic heterocycles. The molecule has 3 aliphatic rings. The largest absolute Gasteiger partial charge is 0.494 e. The minimum absolute atomic E-state index is 0.0411. The van der Waals surface area contributed by atoms with Crippen LogP contribution < -0.4 is 9.64 Å². The van der Waals surface area contributed by atoms with Gasteiger partial charge in [0.05, 0.1) is 23.2 Å². The summed E-state index contributed by atoms with van der Waals surface area (Å²) in [4.78, 5) is 49.2. The average molecular weight is 705 g/mol. The van der Waals surface area contributed by atoms with E-state index in [1.165, 1.54) is 0 Å². The highest BCUT2D eigenvalue weighted by atomic mass is 79.9. The average Bonchev–Trinajstić information content (AvgIpc) is 3.55. The van der Waals surface area contributed by atoms with E-state index in [0.29, 0.717) is 37.4 Å². The molecule has 1 aromatic rings. The number of nitrogens with zero attached hydrogens (tertiary/aromatic N) is 3. The molecule has 3 amide bonds. The van der Waals surface area contributed by atoms with Gasteiger partial charge >= 0.3 is 0 Å². The number of benzene rings is 1. The van der Waals surface area contributed by atoms with E-state index >= 15 is 0 Å². The van der Waals surface area contributed by atoms with Crippen molar-refractivity contribution in [1.29, 1.82) is 0 Å². The molecule has 1 spiro atoms. The fourth-order valence-corrected chi connectivity index (χ4v) is 11.6. The molecule has 45 heavy (non-hydrogen) atoms. The van der Waals surface area contributed by atoms with Crippen molar-refractivity contribution in [2.24, 2.45) is 17.3 Å². The van der Waals surface area contributed by atoms with Crippen molar-refractivity contribution in [2.75, 3.05) is 37.7 Å². The molecule has 8 nitrogen and oxygen atoms in total. The van der Waals surface area contributed by atoms with Gasteiger partial charge in [0.2, 0.25) is 17.7 Å². The summed E-state index contributed by atoms with van der Waals surface area (Å²) in [6.45, 7) is 21.7. The standard InChI is InChI=1S/C35H50BrN3O5S/c1-9-17-37(23-13-15-24(16-14-23)44-11-3)30(41)26-27-31(42)38(19-12-20-40)29(35(27)21-25(36)28(26)45-35)32(43)39(18-10-2)34(7,8)22-33(4,5)6/h9-10,13-16,25-29,40H,1-2,11-12,17-22H2,3-8H3/t25?,26-,27+,28-,29?,35?/m1/s1. The monoisotopic (exact) mass is 703 g/mol. The lowest BCUT2D eigenvalue weighted by atomic mass is 9.70. The number of carbonyl (C=O) groups is 3. The zero-order valence-corrected chi connectivity index (χ0v) is 30.0. The predicted molar refractivity (Wildman–Crippen MR) is 186 cm³/mol. The Morgan fingerprint density at radius 3 is 2.33 bits per heavy atom. The lowest BCUT2D eigenvalue weighted by Crippen LogP contribution is -2.60. The highest BCUT2D eigenvalue weighted by Gasteiger charge is 2.76. The Kier molecular flexibility index (Phi) is 10.9. The summed E-state index contributed by atoms with van der Waals surface area (Å²) in [6.07, 6.45) is 5.14. The van der Waals surface area contributed by atoms with Gasteiger partial charge in [0.1, 0.15) is 11.8 Å². The minimum Gasteiger partial charge on any atom is -0.494 e. The van der Waals surface area contributed by atoms with Crippen molar-refractivity contribution >= 4 is 51.1 Å². The van der Waals surface area contributed by atoms with Gasteiger partial charge in [0.15, 0.2) is 0 Å². The van der Waals surface area contributed by atoms with Crippen LogP contribution in [0.2, 0.25) is 0 Å². The van der Waals surface area contributed by atoms with Crippen LogP contribution in [0.5, 0.6) is 5.75 Å². The Bertz CT molecular complexity index is 1280. The number of amides is 3. The molecule has 1 aromatic carbocycles. The first kappa shape index (κ1) is 35.6. The van der Waals surface area contributed by atoms with E-state index in [2.05, 4.69) is 63.7 Å². The van der Waals surface area contributed by atoms with Gasteiger partial charge in [-0.25, -0.2) is 0 Å². The van der Waals surface area contributed by atoms with Gasteiger partial charge in [-0.3, -0.25) is 14.4 Å². The van der Waals surface area contributed by atoms with Gasteiger partial charge in [0, 0.05) is 47.5 Å². The number of anilines is 1. The van der Waals surface area contributed by atoms with Crippen molar-refractivity contribution in [2.45, 2.75) is 87.2 Å². The number of thioether (sulfide) groups is 1. The SMILES string of the molecule is C=CCN(C(=O)[C@H]1[C@@H]2SC3(CC2Br)C(C(=O)N(CC=C)C(C)(C)CC(C)(C)C)N(CCCO)C(=O)[C@H]13)c1ccc(OCC)cc1. The Morgan fingerprint density at radius 2 is 1.78 bits per heavy atom. The molecule has 10 heteroatoms. The number of rotatable bonds is 14. The highest BCUT2D eigenvalue weighted by Crippen LogP contribution is 2.68. The van der Waals surface area contributed by atoms with Crippen molar-refractivity contribution in [3.8, 4) is 5.75 Å². The Balaban J connectivity index is 1.77. The van der Waals surface area contributed by atoms with Crippen LogP contribution in [0, 0.1) is 17.3 Å². The topological polar surface area (TPSA) is 90.4 Å². The second kappa shape index (κ2) is 13.8. The van der Waals surface area contributed by atoms with Crippen LogP contribution in [0.1, 0.15) is 60.8 Å². The minimum atomic E-state index is -0.779. The fraction of sp³-hybridized carbons (Fsp3) is 0.629. The molecule has 2 bridgehead atoms. The summed E-state index contributed by atoms with van der Waals surface area (Å²) in [7, 11) is 0. The molecule has 1 N–H and O–H groups in total. The summed E-state index contributed by atoms with van der Waals surface area (Å²) < 4.78 is 4.83. The number of hydrogen-bond acceptors (Lipinski definition) is 6. The maximum Gasteiger partial charge on any atom is 0.247 e. The van der Waals surface area contributed by atoms with Crippen LogP contribution in [0.3, 0.4) is 0 Å². The second-order valence-corrected chi connectivity index (χ2v) is 16.9. The molecule has 0 aromatic heterocycles. The lowest BCUT2D eigenvalue weighted by molar-refractivity contribution is -0.146.